The third-order valence-electron chi connectivity index (χ3n) is 6.22. The van der Waals surface area contributed by atoms with Crippen molar-refractivity contribution >= 4 is 17.8 Å². The highest BCUT2D eigenvalue weighted by molar-refractivity contribution is 5.92. The van der Waals surface area contributed by atoms with Crippen LogP contribution in [0.15, 0.2) is 60.7 Å². The van der Waals surface area contributed by atoms with Crippen molar-refractivity contribution in [1.82, 2.24) is 25.1 Å². The average Bonchev–Trinajstić information content (AvgIpc) is 2.83. The maximum absolute atomic E-state index is 13.5. The molecule has 2 aromatic rings. The van der Waals surface area contributed by atoms with Gasteiger partial charge in [0.15, 0.2) is 0 Å². The molecule has 2 saturated heterocycles. The molecule has 2 fully saturated rings. The Labute approximate surface area is 194 Å². The van der Waals surface area contributed by atoms with Crippen LogP contribution >= 0.6 is 0 Å². The highest BCUT2D eigenvalue weighted by Gasteiger charge is 2.51. The molecule has 0 bridgehead atoms. The van der Waals surface area contributed by atoms with Gasteiger partial charge in [0, 0.05) is 20.1 Å². The van der Waals surface area contributed by atoms with E-state index >= 15 is 0 Å². The molecule has 4 amide bonds. The van der Waals surface area contributed by atoms with Crippen LogP contribution in [0.2, 0.25) is 0 Å². The number of nitrogens with zero attached hydrogens (tertiary/aromatic N) is 4. The lowest BCUT2D eigenvalue weighted by molar-refractivity contribution is -0.187. The molecular weight excluding hydrogens is 418 g/mol. The van der Waals surface area contributed by atoms with E-state index in [0.29, 0.717) is 13.1 Å². The number of fused-ring (bicyclic) bond motifs is 1. The molecule has 8 nitrogen and oxygen atoms in total. The van der Waals surface area contributed by atoms with Gasteiger partial charge in [0.05, 0.1) is 13.1 Å². The molecule has 1 N–H and O–H groups in total. The molecule has 2 atom stereocenters. The summed E-state index contributed by atoms with van der Waals surface area (Å²) in [5.74, 6) is -0.250. The summed E-state index contributed by atoms with van der Waals surface area (Å²) in [5, 5.41) is 6.22. The highest BCUT2D eigenvalue weighted by atomic mass is 16.2. The minimum Gasteiger partial charge on any atom is -0.337 e. The number of nitrogens with one attached hydrogen (secondary N) is 1. The first kappa shape index (κ1) is 22.8. The van der Waals surface area contributed by atoms with Crippen LogP contribution in [-0.2, 0) is 16.1 Å². The van der Waals surface area contributed by atoms with Crippen molar-refractivity contribution in [3.8, 4) is 0 Å². The van der Waals surface area contributed by atoms with E-state index in [0.717, 1.165) is 24.0 Å². The molecule has 0 radical (unpaired) electrons. The predicted molar refractivity (Wildman–Crippen MR) is 124 cm³/mol. The number of urea groups is 1. The lowest BCUT2D eigenvalue weighted by Gasteiger charge is -2.54. The Morgan fingerprint density at radius 2 is 1.70 bits per heavy atom. The number of hydrogen-bond donors (Lipinski definition) is 1. The normalized spacial score (nSPS) is 21.2. The molecule has 33 heavy (non-hydrogen) atoms. The van der Waals surface area contributed by atoms with E-state index in [9.17, 15) is 14.4 Å². The predicted octanol–water partition coefficient (Wildman–Crippen LogP) is 2.60. The van der Waals surface area contributed by atoms with E-state index in [4.69, 9.17) is 0 Å². The zero-order valence-corrected chi connectivity index (χ0v) is 19.2. The summed E-state index contributed by atoms with van der Waals surface area (Å²) in [6.07, 6.45) is 1.24. The molecule has 2 aliphatic heterocycles. The van der Waals surface area contributed by atoms with Gasteiger partial charge < -0.3 is 15.1 Å². The Morgan fingerprint density at radius 1 is 1.03 bits per heavy atom. The molecule has 0 spiro atoms. The van der Waals surface area contributed by atoms with Gasteiger partial charge in [0.2, 0.25) is 11.8 Å². The Morgan fingerprint density at radius 3 is 2.36 bits per heavy atom. The number of hydrazine groups is 1. The Kier molecular flexibility index (Phi) is 6.93. The first-order chi connectivity index (χ1) is 16.0. The van der Waals surface area contributed by atoms with Crippen molar-refractivity contribution in [2.75, 3.05) is 26.7 Å². The van der Waals surface area contributed by atoms with E-state index in [-0.39, 0.29) is 30.9 Å². The van der Waals surface area contributed by atoms with Crippen LogP contribution in [0.5, 0.6) is 0 Å². The third kappa shape index (κ3) is 4.71. The SMILES string of the molecule is CCCCN1C[C@H]2N(C(=O)CN(C)N2C(=O)NCc2ccccc2)[C@@H](c2ccccc2)C1=O. The zero-order chi connectivity index (χ0) is 23.4. The van der Waals surface area contributed by atoms with Crippen LogP contribution in [0, 0.1) is 0 Å². The second-order valence-electron chi connectivity index (χ2n) is 8.54. The largest absolute Gasteiger partial charge is 0.337 e. The number of unbranched alkanes of at least 4 members (excludes halogenated alkanes) is 1. The fourth-order valence-electron chi connectivity index (χ4n) is 4.56. The van der Waals surface area contributed by atoms with E-state index in [1.807, 2.05) is 60.7 Å². The quantitative estimate of drug-likeness (QED) is 0.736. The fraction of sp³-hybridized carbons (Fsp3) is 0.400. The Hall–Kier alpha value is -3.39. The van der Waals surface area contributed by atoms with Gasteiger partial charge in [-0.25, -0.2) is 14.8 Å². The molecular formula is C25H31N5O3. The van der Waals surface area contributed by atoms with Crippen molar-refractivity contribution in [1.29, 1.82) is 0 Å². The highest BCUT2D eigenvalue weighted by Crippen LogP contribution is 2.34. The lowest BCUT2D eigenvalue weighted by atomic mass is 9.98. The second-order valence-corrected chi connectivity index (χ2v) is 8.54. The van der Waals surface area contributed by atoms with Crippen LogP contribution in [0.3, 0.4) is 0 Å². The molecule has 0 aliphatic carbocycles. The first-order valence-corrected chi connectivity index (χ1v) is 11.5. The van der Waals surface area contributed by atoms with E-state index in [1.54, 1.807) is 26.9 Å². The molecule has 2 aromatic carbocycles. The summed E-state index contributed by atoms with van der Waals surface area (Å²) < 4.78 is 0. The summed E-state index contributed by atoms with van der Waals surface area (Å²) >= 11 is 0. The topological polar surface area (TPSA) is 76.2 Å². The van der Waals surface area contributed by atoms with E-state index < -0.39 is 12.2 Å². The molecule has 8 heteroatoms. The maximum atomic E-state index is 13.5. The van der Waals surface area contributed by atoms with Crippen molar-refractivity contribution in [2.24, 2.45) is 0 Å². The van der Waals surface area contributed by atoms with Crippen molar-refractivity contribution in [3.63, 3.8) is 0 Å². The molecule has 0 saturated carbocycles. The fourth-order valence-corrected chi connectivity index (χ4v) is 4.56. The van der Waals surface area contributed by atoms with Gasteiger partial charge in [-0.05, 0) is 17.5 Å². The van der Waals surface area contributed by atoms with Crippen LogP contribution in [0.25, 0.3) is 0 Å². The molecule has 0 aromatic heterocycles. The standard InChI is InChI=1S/C25H31N5O3/c1-3-4-15-28-17-21-29(23(24(28)32)20-13-9-6-10-14-20)22(31)18-27(2)30(21)25(33)26-16-19-11-7-5-8-12-19/h5-14,21,23H,3-4,15-18H2,1-2H3,(H,26,33)/t21-,23-/m0/s1. The van der Waals surface area contributed by atoms with E-state index in [1.165, 1.54) is 0 Å². The van der Waals surface area contributed by atoms with Gasteiger partial charge in [-0.2, -0.15) is 0 Å². The number of rotatable bonds is 6. The monoisotopic (exact) mass is 449 g/mol. The molecule has 0 unspecified atom stereocenters. The molecule has 2 heterocycles. The maximum Gasteiger partial charge on any atom is 0.334 e. The summed E-state index contributed by atoms with van der Waals surface area (Å²) in [6.45, 7) is 3.38. The number of amides is 4. The Balaban J connectivity index is 1.64. The van der Waals surface area contributed by atoms with Crippen LogP contribution in [0.1, 0.15) is 36.9 Å². The molecule has 174 valence electrons. The van der Waals surface area contributed by atoms with E-state index in [2.05, 4.69) is 12.2 Å². The number of likely N-dealkylation sites (N-methyl/N-ethyl adjacent to an activating group) is 1. The van der Waals surface area contributed by atoms with Crippen LogP contribution in [0.4, 0.5) is 4.79 Å². The van der Waals surface area contributed by atoms with Gasteiger partial charge in [0.25, 0.3) is 0 Å². The molecule has 2 aliphatic rings. The first-order valence-electron chi connectivity index (χ1n) is 11.5. The Bertz CT molecular complexity index is 984. The minimum atomic E-state index is -0.743. The lowest BCUT2D eigenvalue weighted by Crippen LogP contribution is -2.73. The van der Waals surface area contributed by atoms with Crippen molar-refractivity contribution in [3.05, 3.63) is 71.8 Å². The smallest absolute Gasteiger partial charge is 0.334 e. The van der Waals surface area contributed by atoms with Gasteiger partial charge in [0.1, 0.15) is 12.2 Å². The summed E-state index contributed by atoms with van der Waals surface area (Å²) in [4.78, 5) is 43.4. The number of carbonyl (C=O) groups is 3. The average molecular weight is 450 g/mol. The van der Waals surface area contributed by atoms with Crippen LogP contribution < -0.4 is 5.32 Å². The van der Waals surface area contributed by atoms with Gasteiger partial charge in [-0.1, -0.05) is 74.0 Å². The van der Waals surface area contributed by atoms with Gasteiger partial charge in [-0.3, -0.25) is 9.59 Å². The zero-order valence-electron chi connectivity index (χ0n) is 19.2. The number of carbonyl (C=O) groups excluding carboxylic acids is 3. The summed E-state index contributed by atoms with van der Waals surface area (Å²) in [5.41, 5.74) is 1.75. The van der Waals surface area contributed by atoms with Gasteiger partial charge in [-0.15, -0.1) is 0 Å². The van der Waals surface area contributed by atoms with Crippen LogP contribution in [-0.4, -0.2) is 70.5 Å². The number of benzene rings is 2. The third-order valence-corrected chi connectivity index (χ3v) is 6.22. The summed E-state index contributed by atoms with van der Waals surface area (Å²) in [7, 11) is 1.74. The number of hydrogen-bond acceptors (Lipinski definition) is 4. The number of piperazine rings is 1. The van der Waals surface area contributed by atoms with Crippen molar-refractivity contribution < 1.29 is 14.4 Å². The minimum absolute atomic E-state index is 0.0286. The van der Waals surface area contributed by atoms with Crippen molar-refractivity contribution in [2.45, 2.75) is 38.5 Å². The van der Waals surface area contributed by atoms with Gasteiger partial charge >= 0.3 is 6.03 Å². The molecule has 4 rings (SSSR count). The summed E-state index contributed by atoms with van der Waals surface area (Å²) in [6, 6.07) is 18.0. The second kappa shape index (κ2) is 10.0.